The first-order chi connectivity index (χ1) is 11.3. The summed E-state index contributed by atoms with van der Waals surface area (Å²) in [5, 5.41) is 0.478. The molecule has 8 heteroatoms. The number of sulfone groups is 1. The lowest BCUT2D eigenvalue weighted by Gasteiger charge is -2.25. The molecule has 0 N–H and O–H groups in total. The Morgan fingerprint density at radius 2 is 2.12 bits per heavy atom. The molecule has 3 rings (SSSR count). The molecular weight excluding hydrogens is 348 g/mol. The van der Waals surface area contributed by atoms with Crippen molar-refractivity contribution in [2.75, 3.05) is 23.5 Å². The number of rotatable bonds is 3. The Balaban J connectivity index is 2.02. The highest BCUT2D eigenvalue weighted by atomic mass is 32.2. The van der Waals surface area contributed by atoms with Crippen LogP contribution in [0.15, 0.2) is 29.3 Å². The molecule has 0 spiro atoms. The van der Waals surface area contributed by atoms with Gasteiger partial charge in [0.2, 0.25) is 0 Å². The summed E-state index contributed by atoms with van der Waals surface area (Å²) in [5.74, 6) is 0.480. The minimum Gasteiger partial charge on any atom is -0.497 e. The normalized spacial score (nSPS) is 26.8. The summed E-state index contributed by atoms with van der Waals surface area (Å²) in [6, 6.07) is 7.18. The van der Waals surface area contributed by atoms with Crippen molar-refractivity contribution in [2.45, 2.75) is 25.1 Å². The molecule has 2 fully saturated rings. The predicted molar refractivity (Wildman–Crippen MR) is 96.6 cm³/mol. The molecule has 0 saturated carbocycles. The minimum atomic E-state index is -3.06. The molecule has 2 aliphatic heterocycles. The fourth-order valence-corrected chi connectivity index (χ4v) is 6.77. The number of aliphatic imine (C=N–C) groups is 1. The minimum absolute atomic E-state index is 0.0801. The number of amidine groups is 1. The third-order valence-electron chi connectivity index (χ3n) is 4.10. The maximum Gasteiger partial charge on any atom is 0.250 e. The van der Waals surface area contributed by atoms with Crippen molar-refractivity contribution < 1.29 is 17.9 Å². The van der Waals surface area contributed by atoms with E-state index < -0.39 is 9.84 Å². The van der Waals surface area contributed by atoms with Crippen LogP contribution >= 0.6 is 11.8 Å². The number of fused-ring (bicyclic) bond motifs is 1. The van der Waals surface area contributed by atoms with Gasteiger partial charge in [-0.3, -0.25) is 4.79 Å². The van der Waals surface area contributed by atoms with Gasteiger partial charge in [-0.05, 0) is 12.1 Å². The molecule has 2 aliphatic rings. The van der Waals surface area contributed by atoms with E-state index >= 15 is 0 Å². The van der Waals surface area contributed by atoms with E-state index in [1.807, 2.05) is 29.2 Å². The van der Waals surface area contributed by atoms with Crippen LogP contribution in [0.3, 0.4) is 0 Å². The number of amides is 1. The van der Waals surface area contributed by atoms with Crippen molar-refractivity contribution in [2.24, 2.45) is 10.9 Å². The Bertz CT molecular complexity index is 789. The quantitative estimate of drug-likeness (QED) is 0.812. The molecule has 1 aromatic carbocycles. The second-order valence-corrected chi connectivity index (χ2v) is 9.62. The molecule has 2 atom stereocenters. The summed E-state index contributed by atoms with van der Waals surface area (Å²) in [6.45, 7) is 3.60. The fraction of sp³-hybridized carbons (Fsp3) is 0.500. The van der Waals surface area contributed by atoms with Gasteiger partial charge in [-0.1, -0.05) is 31.7 Å². The van der Waals surface area contributed by atoms with Crippen molar-refractivity contribution in [1.29, 1.82) is 0 Å². The molecule has 2 heterocycles. The van der Waals surface area contributed by atoms with E-state index in [2.05, 4.69) is 4.99 Å². The SMILES string of the molecule is COc1cccc(N2C(=NC(=O)C(C)C)S[C@@H]3CS(=O)(=O)C[C@@H]32)c1. The van der Waals surface area contributed by atoms with Crippen LogP contribution < -0.4 is 9.64 Å². The lowest BCUT2D eigenvalue weighted by atomic mass is 10.2. The van der Waals surface area contributed by atoms with Crippen LogP contribution in [0.25, 0.3) is 0 Å². The lowest BCUT2D eigenvalue weighted by Crippen LogP contribution is -2.37. The summed E-state index contributed by atoms with van der Waals surface area (Å²) in [7, 11) is -1.48. The summed E-state index contributed by atoms with van der Waals surface area (Å²) >= 11 is 1.38. The molecule has 6 nitrogen and oxygen atoms in total. The van der Waals surface area contributed by atoms with E-state index in [-0.39, 0.29) is 34.6 Å². The third kappa shape index (κ3) is 3.30. The molecule has 1 amide bonds. The number of ether oxygens (including phenoxy) is 1. The van der Waals surface area contributed by atoms with E-state index in [9.17, 15) is 13.2 Å². The van der Waals surface area contributed by atoms with Crippen molar-refractivity contribution in [3.8, 4) is 5.75 Å². The smallest absolute Gasteiger partial charge is 0.250 e. The van der Waals surface area contributed by atoms with E-state index in [0.717, 1.165) is 5.69 Å². The van der Waals surface area contributed by atoms with Gasteiger partial charge in [-0.25, -0.2) is 8.42 Å². The molecule has 0 unspecified atom stereocenters. The first kappa shape index (κ1) is 17.3. The van der Waals surface area contributed by atoms with Gasteiger partial charge in [0.05, 0.1) is 24.7 Å². The molecular formula is C16H20N2O4S2. The van der Waals surface area contributed by atoms with Gasteiger partial charge in [-0.2, -0.15) is 4.99 Å². The average molecular weight is 368 g/mol. The van der Waals surface area contributed by atoms with Gasteiger partial charge in [0.15, 0.2) is 15.0 Å². The van der Waals surface area contributed by atoms with Crippen LogP contribution in [0.4, 0.5) is 5.69 Å². The van der Waals surface area contributed by atoms with Crippen molar-refractivity contribution in [3.63, 3.8) is 0 Å². The number of thioether (sulfide) groups is 1. The lowest BCUT2D eigenvalue weighted by molar-refractivity contribution is -0.120. The Morgan fingerprint density at radius 1 is 1.38 bits per heavy atom. The number of anilines is 1. The highest BCUT2D eigenvalue weighted by Crippen LogP contribution is 2.41. The fourth-order valence-electron chi connectivity index (χ4n) is 2.85. The Labute approximate surface area is 146 Å². The van der Waals surface area contributed by atoms with Gasteiger partial charge in [0.25, 0.3) is 5.91 Å². The summed E-state index contributed by atoms with van der Waals surface area (Å²) in [5.41, 5.74) is 0.793. The molecule has 130 valence electrons. The highest BCUT2D eigenvalue weighted by Gasteiger charge is 2.49. The van der Waals surface area contributed by atoms with Crippen LogP contribution in [-0.4, -0.2) is 49.4 Å². The number of carbonyl (C=O) groups is 1. The number of hydrogen-bond acceptors (Lipinski definition) is 5. The van der Waals surface area contributed by atoms with Crippen molar-refractivity contribution >= 4 is 38.4 Å². The monoisotopic (exact) mass is 368 g/mol. The summed E-state index contributed by atoms with van der Waals surface area (Å²) in [4.78, 5) is 18.2. The zero-order chi connectivity index (χ0) is 17.5. The highest BCUT2D eigenvalue weighted by molar-refractivity contribution is 8.16. The maximum atomic E-state index is 12.1. The average Bonchev–Trinajstić information content (AvgIpc) is 2.98. The van der Waals surface area contributed by atoms with Crippen LogP contribution in [0.2, 0.25) is 0 Å². The Morgan fingerprint density at radius 3 is 2.79 bits per heavy atom. The van der Waals surface area contributed by atoms with Gasteiger partial charge >= 0.3 is 0 Å². The summed E-state index contributed by atoms with van der Waals surface area (Å²) < 4.78 is 29.3. The zero-order valence-corrected chi connectivity index (χ0v) is 15.4. The maximum absolute atomic E-state index is 12.1. The number of hydrogen-bond donors (Lipinski definition) is 0. The molecule has 0 aromatic heterocycles. The molecule has 24 heavy (non-hydrogen) atoms. The number of carbonyl (C=O) groups excluding carboxylic acids is 1. The number of methoxy groups -OCH3 is 1. The van der Waals surface area contributed by atoms with E-state index in [4.69, 9.17) is 4.74 Å². The standard InChI is InChI=1S/C16H20N2O4S2/c1-10(2)15(19)17-16-18(11-5-4-6-12(7-11)22-3)13-8-24(20,21)9-14(13)23-16/h4-7,10,13-14H,8-9H2,1-3H3/t13-,14+/m0/s1. The number of nitrogens with zero attached hydrogens (tertiary/aromatic N) is 2. The van der Waals surface area contributed by atoms with Gasteiger partial charge < -0.3 is 9.64 Å². The van der Waals surface area contributed by atoms with Crippen LogP contribution in [0.5, 0.6) is 5.75 Å². The van der Waals surface area contributed by atoms with E-state index in [1.165, 1.54) is 11.8 Å². The second-order valence-electron chi connectivity index (χ2n) is 6.26. The summed E-state index contributed by atoms with van der Waals surface area (Å²) in [6.07, 6.45) is 0. The predicted octanol–water partition coefficient (Wildman–Crippen LogP) is 1.95. The third-order valence-corrected chi connectivity index (χ3v) is 7.31. The van der Waals surface area contributed by atoms with Crippen molar-refractivity contribution in [3.05, 3.63) is 24.3 Å². The van der Waals surface area contributed by atoms with Gasteiger partial charge in [-0.15, -0.1) is 0 Å². The van der Waals surface area contributed by atoms with Crippen LogP contribution in [-0.2, 0) is 14.6 Å². The second kappa shape index (κ2) is 6.40. The molecule has 1 aromatic rings. The van der Waals surface area contributed by atoms with Gasteiger partial charge in [0.1, 0.15) is 5.75 Å². The Hall–Kier alpha value is -1.54. The first-order valence-electron chi connectivity index (χ1n) is 7.73. The van der Waals surface area contributed by atoms with E-state index in [0.29, 0.717) is 10.9 Å². The van der Waals surface area contributed by atoms with Crippen LogP contribution in [0.1, 0.15) is 13.8 Å². The van der Waals surface area contributed by atoms with Crippen molar-refractivity contribution in [1.82, 2.24) is 0 Å². The topological polar surface area (TPSA) is 76.0 Å². The Kier molecular flexibility index (Phi) is 4.61. The molecule has 0 aliphatic carbocycles. The molecule has 0 bridgehead atoms. The largest absolute Gasteiger partial charge is 0.497 e. The van der Waals surface area contributed by atoms with Crippen LogP contribution in [0, 0.1) is 5.92 Å². The van der Waals surface area contributed by atoms with E-state index in [1.54, 1.807) is 21.0 Å². The number of benzene rings is 1. The molecule has 2 saturated heterocycles. The first-order valence-corrected chi connectivity index (χ1v) is 10.4. The molecule has 0 radical (unpaired) electrons. The van der Waals surface area contributed by atoms with Gasteiger partial charge in [0, 0.05) is 22.9 Å². The zero-order valence-electron chi connectivity index (χ0n) is 13.8.